The molecule has 0 radical (unpaired) electrons. The number of alkyl halides is 2. The molecule has 0 heterocycles. The van der Waals surface area contributed by atoms with E-state index in [4.69, 9.17) is 34.7 Å². The fraction of sp³-hybridized carbons (Fsp3) is 0.333. The van der Waals surface area contributed by atoms with Gasteiger partial charge in [0.25, 0.3) is 0 Å². The molecule has 16 heavy (non-hydrogen) atoms. The minimum absolute atomic E-state index is 0.378. The van der Waals surface area contributed by atoms with E-state index in [1.54, 1.807) is 6.08 Å². The molecular formula is C12H14Cl2N2. The summed E-state index contributed by atoms with van der Waals surface area (Å²) in [5.41, 5.74) is 12.5. The zero-order valence-corrected chi connectivity index (χ0v) is 10.2. The van der Waals surface area contributed by atoms with Crippen molar-refractivity contribution in [2.24, 2.45) is 11.5 Å². The predicted octanol–water partition coefficient (Wildman–Crippen LogP) is 2.30. The lowest BCUT2D eigenvalue weighted by atomic mass is 9.80. The summed E-state index contributed by atoms with van der Waals surface area (Å²) in [7, 11) is 0. The summed E-state index contributed by atoms with van der Waals surface area (Å²) in [5, 5.41) is 0. The Kier molecular flexibility index (Phi) is 3.01. The largest absolute Gasteiger partial charge is 0.322 e. The monoisotopic (exact) mass is 256 g/mol. The van der Waals surface area contributed by atoms with Crippen LogP contribution >= 0.6 is 23.2 Å². The predicted molar refractivity (Wildman–Crippen MR) is 68.5 cm³/mol. The lowest BCUT2D eigenvalue weighted by Crippen LogP contribution is -2.50. The molecule has 1 aliphatic rings. The molecular weight excluding hydrogens is 243 g/mol. The highest BCUT2D eigenvalue weighted by Gasteiger charge is 2.42. The van der Waals surface area contributed by atoms with Crippen molar-refractivity contribution < 1.29 is 0 Å². The van der Waals surface area contributed by atoms with Crippen LogP contribution in [0.2, 0.25) is 0 Å². The van der Waals surface area contributed by atoms with E-state index in [2.05, 4.69) is 0 Å². The van der Waals surface area contributed by atoms with Gasteiger partial charge in [0.15, 0.2) is 0 Å². The second kappa shape index (κ2) is 4.04. The molecule has 0 fully saturated rings. The van der Waals surface area contributed by atoms with E-state index >= 15 is 0 Å². The summed E-state index contributed by atoms with van der Waals surface area (Å²) >= 11 is 12.3. The quantitative estimate of drug-likeness (QED) is 0.599. The first-order valence-corrected chi connectivity index (χ1v) is 5.87. The Morgan fingerprint density at radius 3 is 2.38 bits per heavy atom. The van der Waals surface area contributed by atoms with Gasteiger partial charge >= 0.3 is 0 Å². The van der Waals surface area contributed by atoms with E-state index in [0.717, 1.165) is 5.56 Å². The van der Waals surface area contributed by atoms with Crippen molar-refractivity contribution in [2.75, 3.05) is 0 Å². The molecule has 0 aromatic heterocycles. The van der Waals surface area contributed by atoms with Crippen LogP contribution in [0.25, 0.3) is 0 Å². The maximum Gasteiger partial charge on any atom is 0.139 e. The molecule has 4 heteroatoms. The summed E-state index contributed by atoms with van der Waals surface area (Å²) in [5.74, 6) is 0. The molecule has 2 atom stereocenters. The number of hydrogen-bond acceptors (Lipinski definition) is 2. The van der Waals surface area contributed by atoms with Gasteiger partial charge in [-0.3, -0.25) is 0 Å². The Hall–Kier alpha value is -0.540. The van der Waals surface area contributed by atoms with Crippen molar-refractivity contribution in [2.45, 2.75) is 22.3 Å². The van der Waals surface area contributed by atoms with Crippen LogP contribution in [0.15, 0.2) is 42.5 Å². The van der Waals surface area contributed by atoms with E-state index in [1.165, 1.54) is 0 Å². The molecule has 2 rings (SSSR count). The van der Waals surface area contributed by atoms with E-state index in [1.807, 2.05) is 36.4 Å². The molecule has 2 unspecified atom stereocenters. The number of benzene rings is 1. The SMILES string of the molecule is NC1C=CC(N)(c2ccccc2)CC1(Cl)Cl. The van der Waals surface area contributed by atoms with Crippen LogP contribution in [-0.4, -0.2) is 10.4 Å². The Bertz CT molecular complexity index is 403. The Balaban J connectivity index is 2.38. The minimum atomic E-state index is -1.01. The van der Waals surface area contributed by atoms with Gasteiger partial charge in [-0.25, -0.2) is 0 Å². The molecule has 0 saturated heterocycles. The zero-order valence-electron chi connectivity index (χ0n) is 8.74. The maximum atomic E-state index is 6.31. The highest BCUT2D eigenvalue weighted by atomic mass is 35.5. The van der Waals surface area contributed by atoms with Gasteiger partial charge < -0.3 is 11.5 Å². The molecule has 86 valence electrons. The lowest BCUT2D eigenvalue weighted by Gasteiger charge is -2.39. The lowest BCUT2D eigenvalue weighted by molar-refractivity contribution is 0.429. The molecule has 1 aromatic carbocycles. The van der Waals surface area contributed by atoms with Crippen LogP contribution in [0.4, 0.5) is 0 Å². The molecule has 1 aromatic rings. The topological polar surface area (TPSA) is 52.0 Å². The first-order chi connectivity index (χ1) is 7.44. The highest BCUT2D eigenvalue weighted by Crippen LogP contribution is 2.41. The molecule has 4 N–H and O–H groups in total. The molecule has 0 bridgehead atoms. The second-order valence-corrected chi connectivity index (χ2v) is 5.77. The van der Waals surface area contributed by atoms with Crippen LogP contribution in [0.1, 0.15) is 12.0 Å². The van der Waals surface area contributed by atoms with Crippen molar-refractivity contribution in [3.8, 4) is 0 Å². The Morgan fingerprint density at radius 2 is 1.81 bits per heavy atom. The van der Waals surface area contributed by atoms with Gasteiger partial charge in [-0.05, 0) is 5.56 Å². The zero-order chi connectivity index (χ0) is 11.8. The fourth-order valence-corrected chi connectivity index (χ4v) is 2.52. The van der Waals surface area contributed by atoms with Crippen molar-refractivity contribution in [1.29, 1.82) is 0 Å². The van der Waals surface area contributed by atoms with Crippen LogP contribution in [0.5, 0.6) is 0 Å². The van der Waals surface area contributed by atoms with Crippen molar-refractivity contribution >= 4 is 23.2 Å². The summed E-state index contributed by atoms with van der Waals surface area (Å²) in [6, 6.07) is 9.37. The normalized spacial score (nSPS) is 32.6. The number of nitrogens with two attached hydrogens (primary N) is 2. The fourth-order valence-electron chi connectivity index (χ4n) is 1.93. The molecule has 2 nitrogen and oxygen atoms in total. The first kappa shape index (κ1) is 11.9. The second-order valence-electron chi connectivity index (χ2n) is 4.23. The standard InChI is InChI=1S/C12H14Cl2N2/c13-12(14)8-11(16,7-6-10(12)15)9-4-2-1-3-5-9/h1-7,10H,8,15-16H2. The van der Waals surface area contributed by atoms with Gasteiger partial charge in [0.1, 0.15) is 4.33 Å². The third-order valence-electron chi connectivity index (χ3n) is 2.93. The Morgan fingerprint density at radius 1 is 1.19 bits per heavy atom. The van der Waals surface area contributed by atoms with Gasteiger partial charge in [0.05, 0.1) is 11.6 Å². The number of hydrogen-bond donors (Lipinski definition) is 2. The number of rotatable bonds is 1. The Labute approximate surface area is 105 Å². The summed E-state index contributed by atoms with van der Waals surface area (Å²) in [6.45, 7) is 0. The minimum Gasteiger partial charge on any atom is -0.322 e. The first-order valence-electron chi connectivity index (χ1n) is 5.11. The van der Waals surface area contributed by atoms with Gasteiger partial charge in [-0.15, -0.1) is 0 Å². The van der Waals surface area contributed by atoms with Crippen molar-refractivity contribution in [3.05, 3.63) is 48.0 Å². The molecule has 1 aliphatic carbocycles. The average molecular weight is 257 g/mol. The summed E-state index contributed by atoms with van der Waals surface area (Å²) in [6.07, 6.45) is 4.07. The van der Waals surface area contributed by atoms with Gasteiger partial charge in [-0.1, -0.05) is 65.7 Å². The molecule has 0 saturated carbocycles. The van der Waals surface area contributed by atoms with Crippen LogP contribution < -0.4 is 11.5 Å². The van der Waals surface area contributed by atoms with E-state index < -0.39 is 9.87 Å². The van der Waals surface area contributed by atoms with Gasteiger partial charge in [0.2, 0.25) is 0 Å². The average Bonchev–Trinajstić information content (AvgIpc) is 2.25. The van der Waals surface area contributed by atoms with Crippen LogP contribution in [0.3, 0.4) is 0 Å². The van der Waals surface area contributed by atoms with Gasteiger partial charge in [-0.2, -0.15) is 0 Å². The third kappa shape index (κ3) is 2.11. The number of halogens is 2. The van der Waals surface area contributed by atoms with Crippen LogP contribution in [0, 0.1) is 0 Å². The van der Waals surface area contributed by atoms with E-state index in [9.17, 15) is 0 Å². The van der Waals surface area contributed by atoms with Crippen molar-refractivity contribution in [1.82, 2.24) is 0 Å². The maximum absolute atomic E-state index is 6.31. The molecule has 0 aliphatic heterocycles. The van der Waals surface area contributed by atoms with Crippen molar-refractivity contribution in [3.63, 3.8) is 0 Å². The van der Waals surface area contributed by atoms with Crippen LogP contribution in [-0.2, 0) is 5.54 Å². The summed E-state index contributed by atoms with van der Waals surface area (Å²) < 4.78 is -1.01. The third-order valence-corrected chi connectivity index (χ3v) is 3.70. The highest BCUT2D eigenvalue weighted by molar-refractivity contribution is 6.49. The van der Waals surface area contributed by atoms with E-state index in [0.29, 0.717) is 6.42 Å². The van der Waals surface area contributed by atoms with E-state index in [-0.39, 0.29) is 6.04 Å². The summed E-state index contributed by atoms with van der Waals surface area (Å²) in [4.78, 5) is 0. The molecule has 0 amide bonds. The smallest absolute Gasteiger partial charge is 0.139 e. The molecule has 0 spiro atoms. The van der Waals surface area contributed by atoms with Gasteiger partial charge in [0, 0.05) is 6.42 Å².